The molecule has 0 saturated carbocycles. The molecule has 11 heteroatoms. The summed E-state index contributed by atoms with van der Waals surface area (Å²) in [5, 5.41) is 37.9. The molecule has 4 N–H and O–H groups in total. The Morgan fingerprint density at radius 2 is 2.11 bits per heavy atom. The van der Waals surface area contributed by atoms with E-state index >= 15 is 0 Å². The molecule has 1 aliphatic rings. The van der Waals surface area contributed by atoms with Crippen molar-refractivity contribution in [1.82, 2.24) is 24.7 Å². The zero-order chi connectivity index (χ0) is 19.0. The van der Waals surface area contributed by atoms with Gasteiger partial charge in [-0.1, -0.05) is 6.07 Å². The molecule has 0 radical (unpaired) electrons. The number of hydrogen-bond donors (Lipinski definition) is 4. The molecule has 1 aliphatic heterocycles. The molecule has 0 bridgehead atoms. The summed E-state index contributed by atoms with van der Waals surface area (Å²) in [5.41, 5.74) is 1.45. The number of fused-ring (bicyclic) bond motifs is 1. The highest BCUT2D eigenvalue weighted by molar-refractivity contribution is 14.1. The molecular formula is C16H17IN6O4. The van der Waals surface area contributed by atoms with E-state index in [9.17, 15) is 15.3 Å². The van der Waals surface area contributed by atoms with Crippen LogP contribution >= 0.6 is 22.6 Å². The van der Waals surface area contributed by atoms with E-state index in [0.717, 1.165) is 5.56 Å². The van der Waals surface area contributed by atoms with Crippen molar-refractivity contribution in [2.45, 2.75) is 31.1 Å². The monoisotopic (exact) mass is 484 g/mol. The summed E-state index contributed by atoms with van der Waals surface area (Å²) in [4.78, 5) is 12.6. The van der Waals surface area contributed by atoms with Gasteiger partial charge in [0.05, 0.1) is 12.0 Å². The van der Waals surface area contributed by atoms with Crippen molar-refractivity contribution in [3.05, 3.63) is 40.1 Å². The Labute approximate surface area is 167 Å². The van der Waals surface area contributed by atoms with E-state index in [0.29, 0.717) is 27.1 Å². The topological polar surface area (TPSA) is 138 Å². The molecular weight excluding hydrogens is 467 g/mol. The van der Waals surface area contributed by atoms with Gasteiger partial charge in [0.1, 0.15) is 34.2 Å². The number of aromatic nitrogens is 5. The quantitative estimate of drug-likeness (QED) is 0.370. The first-order chi connectivity index (χ1) is 13.1. The second-order valence-electron chi connectivity index (χ2n) is 6.10. The summed E-state index contributed by atoms with van der Waals surface area (Å²) >= 11 is 2.06. The fourth-order valence-corrected chi connectivity index (χ4v) is 3.74. The third kappa shape index (κ3) is 3.36. The van der Waals surface area contributed by atoms with Gasteiger partial charge in [0.25, 0.3) is 0 Å². The molecule has 10 nitrogen and oxygen atoms in total. The van der Waals surface area contributed by atoms with Gasteiger partial charge in [-0.25, -0.2) is 14.6 Å². The van der Waals surface area contributed by atoms with Crippen LogP contribution in [0.3, 0.4) is 0 Å². The predicted molar refractivity (Wildman–Crippen MR) is 103 cm³/mol. The molecule has 1 fully saturated rings. The predicted octanol–water partition coefficient (Wildman–Crippen LogP) is 0.0495. The molecule has 4 atom stereocenters. The molecule has 0 spiro atoms. The van der Waals surface area contributed by atoms with E-state index in [1.807, 2.05) is 12.1 Å². The lowest BCUT2D eigenvalue weighted by atomic mass is 10.1. The smallest absolute Gasteiger partial charge is 0.181 e. The molecule has 4 rings (SSSR count). The lowest BCUT2D eigenvalue weighted by Crippen LogP contribution is -2.33. The van der Waals surface area contributed by atoms with Crippen molar-refractivity contribution in [3.63, 3.8) is 0 Å². The maximum Gasteiger partial charge on any atom is 0.181 e. The van der Waals surface area contributed by atoms with Crippen molar-refractivity contribution in [1.29, 1.82) is 0 Å². The van der Waals surface area contributed by atoms with Gasteiger partial charge in [-0.3, -0.25) is 4.98 Å². The third-order valence-corrected chi connectivity index (χ3v) is 5.14. The van der Waals surface area contributed by atoms with Crippen molar-refractivity contribution in [2.24, 2.45) is 0 Å². The normalized spacial score (nSPS) is 25.2. The molecule has 27 heavy (non-hydrogen) atoms. The number of nitrogens with zero attached hydrogens (tertiary/aromatic N) is 5. The molecule has 0 unspecified atom stereocenters. The summed E-state index contributed by atoms with van der Waals surface area (Å²) < 4.78 is 7.60. The molecule has 142 valence electrons. The zero-order valence-corrected chi connectivity index (χ0v) is 16.1. The number of pyridine rings is 1. The number of anilines is 1. The first-order valence-electron chi connectivity index (χ1n) is 8.24. The summed E-state index contributed by atoms with van der Waals surface area (Å²) in [5.74, 6) is 0.589. The van der Waals surface area contributed by atoms with Crippen LogP contribution in [0.25, 0.3) is 11.0 Å². The van der Waals surface area contributed by atoms with Gasteiger partial charge in [0.15, 0.2) is 11.9 Å². The standard InChI is InChI=1S/C16H17IN6O4/c17-13-10-14(19-5-8-2-1-3-18-4-8)20-7-21-15(10)23(22-13)16-12(26)11(25)9(6-24)27-16/h1-4,7,9,11-12,16,24-26H,5-6H2,(H,19,20,21)/t9-,11+,12+,16-/m1/s1. The Hall–Kier alpha value is -1.93. The van der Waals surface area contributed by atoms with E-state index in [2.05, 4.69) is 48.0 Å². The van der Waals surface area contributed by atoms with Gasteiger partial charge in [0.2, 0.25) is 0 Å². The SMILES string of the molecule is OC[C@H]1O[C@@H](n2nc(I)c3c(NCc4cccnc4)ncnc32)[C@@H](O)[C@H]1O. The minimum Gasteiger partial charge on any atom is -0.394 e. The summed E-state index contributed by atoms with van der Waals surface area (Å²) in [6.07, 6.45) is 0.587. The summed E-state index contributed by atoms with van der Waals surface area (Å²) in [7, 11) is 0. The highest BCUT2D eigenvalue weighted by Gasteiger charge is 2.44. The Morgan fingerprint density at radius 1 is 1.26 bits per heavy atom. The minimum absolute atomic E-state index is 0.405. The van der Waals surface area contributed by atoms with Crippen LogP contribution < -0.4 is 5.32 Å². The Morgan fingerprint density at radius 3 is 2.81 bits per heavy atom. The van der Waals surface area contributed by atoms with E-state index < -0.39 is 31.1 Å². The van der Waals surface area contributed by atoms with Crippen LogP contribution in [-0.4, -0.2) is 65.0 Å². The van der Waals surface area contributed by atoms with Crippen molar-refractivity contribution < 1.29 is 20.1 Å². The first-order valence-corrected chi connectivity index (χ1v) is 9.32. The van der Waals surface area contributed by atoms with Gasteiger partial charge < -0.3 is 25.4 Å². The Bertz CT molecular complexity index is 939. The van der Waals surface area contributed by atoms with E-state index in [4.69, 9.17) is 4.74 Å². The molecule has 3 aromatic rings. The number of aliphatic hydroxyl groups excluding tert-OH is 3. The van der Waals surface area contributed by atoms with Crippen LogP contribution in [0.5, 0.6) is 0 Å². The second kappa shape index (κ2) is 7.59. The van der Waals surface area contributed by atoms with Gasteiger partial charge in [-0.2, -0.15) is 5.10 Å². The molecule has 3 aromatic heterocycles. The zero-order valence-electron chi connectivity index (χ0n) is 14.0. The van der Waals surface area contributed by atoms with E-state index in [-0.39, 0.29) is 0 Å². The second-order valence-corrected chi connectivity index (χ2v) is 7.12. The van der Waals surface area contributed by atoms with Gasteiger partial charge in [-0.05, 0) is 34.2 Å². The van der Waals surface area contributed by atoms with Crippen molar-refractivity contribution >= 4 is 39.4 Å². The van der Waals surface area contributed by atoms with Crippen LogP contribution in [0.2, 0.25) is 0 Å². The van der Waals surface area contributed by atoms with Crippen LogP contribution in [0, 0.1) is 3.70 Å². The molecule has 1 saturated heterocycles. The average molecular weight is 484 g/mol. The fourth-order valence-electron chi connectivity index (χ4n) is 3.01. The highest BCUT2D eigenvalue weighted by Crippen LogP contribution is 2.33. The number of rotatable bonds is 5. The van der Waals surface area contributed by atoms with Gasteiger partial charge in [-0.15, -0.1) is 0 Å². The first kappa shape index (κ1) is 18.4. The van der Waals surface area contributed by atoms with E-state index in [1.165, 1.54) is 11.0 Å². The Balaban J connectivity index is 1.67. The van der Waals surface area contributed by atoms with Crippen molar-refractivity contribution in [3.8, 4) is 0 Å². The molecule has 4 heterocycles. The van der Waals surface area contributed by atoms with Crippen LogP contribution in [0.1, 0.15) is 11.8 Å². The fraction of sp³-hybridized carbons (Fsp3) is 0.375. The largest absolute Gasteiger partial charge is 0.394 e. The van der Waals surface area contributed by atoms with Crippen LogP contribution in [0.15, 0.2) is 30.9 Å². The van der Waals surface area contributed by atoms with Crippen molar-refractivity contribution in [2.75, 3.05) is 11.9 Å². The lowest BCUT2D eigenvalue weighted by molar-refractivity contribution is -0.0568. The number of halogens is 1. The Kier molecular flexibility index (Phi) is 5.19. The third-order valence-electron chi connectivity index (χ3n) is 4.39. The molecule has 0 amide bonds. The average Bonchev–Trinajstić information content (AvgIpc) is 3.18. The lowest BCUT2D eigenvalue weighted by Gasteiger charge is -2.15. The number of hydrogen-bond acceptors (Lipinski definition) is 9. The molecule has 0 aliphatic carbocycles. The van der Waals surface area contributed by atoms with E-state index in [1.54, 1.807) is 12.4 Å². The van der Waals surface area contributed by atoms with Gasteiger partial charge in [0, 0.05) is 18.9 Å². The number of aliphatic hydroxyl groups is 3. The minimum atomic E-state index is -1.23. The van der Waals surface area contributed by atoms with Gasteiger partial charge >= 0.3 is 0 Å². The van der Waals surface area contributed by atoms with Crippen LogP contribution in [0.4, 0.5) is 5.82 Å². The van der Waals surface area contributed by atoms with Crippen LogP contribution in [-0.2, 0) is 11.3 Å². The summed E-state index contributed by atoms with van der Waals surface area (Å²) in [6, 6.07) is 3.81. The maximum atomic E-state index is 10.3. The number of nitrogens with one attached hydrogen (secondary N) is 1. The highest BCUT2D eigenvalue weighted by atomic mass is 127. The molecule has 0 aromatic carbocycles. The maximum absolute atomic E-state index is 10.3. The summed E-state index contributed by atoms with van der Waals surface area (Å²) in [6.45, 7) is 0.118. The number of ether oxygens (including phenoxy) is 1.